The van der Waals surface area contributed by atoms with Crippen LogP contribution in [0.2, 0.25) is 0 Å². The van der Waals surface area contributed by atoms with Gasteiger partial charge in [-0.2, -0.15) is 17.5 Å². The van der Waals surface area contributed by atoms with Gasteiger partial charge in [0.05, 0.1) is 30.1 Å². The van der Waals surface area contributed by atoms with Crippen molar-refractivity contribution in [2.75, 3.05) is 33.4 Å². The van der Waals surface area contributed by atoms with Crippen LogP contribution in [0.4, 0.5) is 18.0 Å². The number of carbonyl (C=O) groups is 1. The third-order valence-electron chi connectivity index (χ3n) is 5.76. The van der Waals surface area contributed by atoms with E-state index in [2.05, 4.69) is 4.74 Å². The van der Waals surface area contributed by atoms with Gasteiger partial charge in [-0.25, -0.2) is 13.2 Å². The second-order valence-corrected chi connectivity index (χ2v) is 9.97. The number of likely N-dealkylation sites (tertiary alicyclic amines) is 1. The minimum atomic E-state index is -4.83. The SMILES string of the molecule is CN([C@@H]1COC2(CCN(C(=O)O[C@H](CO)C(F)(F)F)CC2)C1)S(=O)(=O)C1CC1. The number of hydrogen-bond acceptors (Lipinski definition) is 6. The van der Waals surface area contributed by atoms with Gasteiger partial charge in [0.1, 0.15) is 0 Å². The summed E-state index contributed by atoms with van der Waals surface area (Å²) >= 11 is 0. The predicted molar refractivity (Wildman–Crippen MR) is 91.0 cm³/mol. The molecule has 1 amide bonds. The number of rotatable bonds is 5. The van der Waals surface area contributed by atoms with Gasteiger partial charge >= 0.3 is 12.3 Å². The Hall–Kier alpha value is -1.11. The second kappa shape index (κ2) is 7.62. The number of nitrogens with zero attached hydrogens (tertiary/aromatic N) is 2. The number of amides is 1. The fourth-order valence-electron chi connectivity index (χ4n) is 3.71. The molecule has 0 aromatic heterocycles. The maximum absolute atomic E-state index is 12.6. The van der Waals surface area contributed by atoms with E-state index in [-0.39, 0.29) is 31.0 Å². The molecule has 2 aliphatic heterocycles. The molecular weight excluding hydrogens is 405 g/mol. The van der Waals surface area contributed by atoms with Crippen molar-refractivity contribution in [3.63, 3.8) is 0 Å². The zero-order valence-corrected chi connectivity index (χ0v) is 16.3. The van der Waals surface area contributed by atoms with E-state index in [9.17, 15) is 26.4 Å². The Morgan fingerprint density at radius 2 is 1.96 bits per heavy atom. The maximum Gasteiger partial charge on any atom is 0.427 e. The van der Waals surface area contributed by atoms with Crippen LogP contribution in [0.15, 0.2) is 0 Å². The molecular formula is C16H25F3N2O6S. The van der Waals surface area contributed by atoms with Gasteiger partial charge in [0.2, 0.25) is 16.1 Å². The van der Waals surface area contributed by atoms with Crippen molar-refractivity contribution in [1.82, 2.24) is 9.21 Å². The first-order chi connectivity index (χ1) is 13.0. The van der Waals surface area contributed by atoms with Crippen molar-refractivity contribution < 1.29 is 41.0 Å². The van der Waals surface area contributed by atoms with E-state index in [1.807, 2.05) is 0 Å². The monoisotopic (exact) mass is 430 g/mol. The third kappa shape index (κ3) is 4.39. The summed E-state index contributed by atoms with van der Waals surface area (Å²) in [5.41, 5.74) is -0.588. The number of piperidine rings is 1. The zero-order valence-electron chi connectivity index (χ0n) is 15.5. The number of hydrogen-bond donors (Lipinski definition) is 1. The van der Waals surface area contributed by atoms with Crippen molar-refractivity contribution in [2.45, 2.75) is 61.3 Å². The smallest absolute Gasteiger partial charge is 0.427 e. The standard InChI is InChI=1S/C16H25F3N2O6S/c1-20(28(24,25)12-2-3-12)11-8-15(26-10-11)4-6-21(7-5-15)14(23)27-13(9-22)16(17,18)19/h11-13,22H,2-10H2,1H3/t11-,13+/m0/s1. The minimum absolute atomic E-state index is 0.140. The van der Waals surface area contributed by atoms with E-state index in [0.29, 0.717) is 32.1 Å². The van der Waals surface area contributed by atoms with Crippen molar-refractivity contribution in [1.29, 1.82) is 0 Å². The molecule has 0 aromatic rings. The summed E-state index contributed by atoms with van der Waals surface area (Å²) in [6, 6.07) is -0.284. The zero-order chi connectivity index (χ0) is 20.7. The average Bonchev–Trinajstić information content (AvgIpc) is 3.42. The molecule has 1 N–H and O–H groups in total. The Labute approximate surface area is 161 Å². The van der Waals surface area contributed by atoms with Crippen LogP contribution in [0.25, 0.3) is 0 Å². The van der Waals surface area contributed by atoms with Gasteiger partial charge in [0.15, 0.2) is 0 Å². The molecule has 162 valence electrons. The van der Waals surface area contributed by atoms with Crippen molar-refractivity contribution >= 4 is 16.1 Å². The second-order valence-electron chi connectivity index (χ2n) is 7.70. The lowest BCUT2D eigenvalue weighted by molar-refractivity contribution is -0.215. The van der Waals surface area contributed by atoms with E-state index in [4.69, 9.17) is 9.84 Å². The largest absolute Gasteiger partial charge is 0.434 e. The number of alkyl halides is 3. The molecule has 8 nitrogen and oxygen atoms in total. The van der Waals surface area contributed by atoms with E-state index in [1.54, 1.807) is 7.05 Å². The molecule has 12 heteroatoms. The highest BCUT2D eigenvalue weighted by Crippen LogP contribution is 2.40. The minimum Gasteiger partial charge on any atom is -0.434 e. The van der Waals surface area contributed by atoms with Crippen molar-refractivity contribution in [2.24, 2.45) is 0 Å². The molecule has 2 atom stereocenters. The summed E-state index contributed by atoms with van der Waals surface area (Å²) in [6.45, 7) is -0.797. The van der Waals surface area contributed by atoms with Gasteiger partial charge in [-0.05, 0) is 32.1 Å². The third-order valence-corrected chi connectivity index (χ3v) is 8.17. The summed E-state index contributed by atoms with van der Waals surface area (Å²) in [7, 11) is -1.77. The number of sulfonamides is 1. The van der Waals surface area contributed by atoms with Gasteiger partial charge in [-0.3, -0.25) is 0 Å². The summed E-state index contributed by atoms with van der Waals surface area (Å²) in [4.78, 5) is 13.1. The first-order valence-corrected chi connectivity index (χ1v) is 10.7. The molecule has 0 unspecified atom stereocenters. The van der Waals surface area contributed by atoms with Crippen LogP contribution in [-0.2, 0) is 19.5 Å². The highest BCUT2D eigenvalue weighted by atomic mass is 32.2. The van der Waals surface area contributed by atoms with Crippen LogP contribution in [0, 0.1) is 0 Å². The van der Waals surface area contributed by atoms with E-state index < -0.39 is 40.6 Å². The molecule has 2 heterocycles. The van der Waals surface area contributed by atoms with Gasteiger partial charge < -0.3 is 19.5 Å². The molecule has 3 aliphatic rings. The van der Waals surface area contributed by atoms with E-state index in [1.165, 1.54) is 4.31 Å². The quantitative estimate of drug-likeness (QED) is 0.702. The molecule has 28 heavy (non-hydrogen) atoms. The first-order valence-electron chi connectivity index (χ1n) is 9.22. The molecule has 0 radical (unpaired) electrons. The highest BCUT2D eigenvalue weighted by Gasteiger charge is 2.49. The fraction of sp³-hybridized carbons (Fsp3) is 0.938. The van der Waals surface area contributed by atoms with Gasteiger partial charge in [-0.1, -0.05) is 0 Å². The molecule has 1 spiro atoms. The lowest BCUT2D eigenvalue weighted by atomic mass is 9.87. The summed E-state index contributed by atoms with van der Waals surface area (Å²) in [6.07, 6.45) is -5.92. The van der Waals surface area contributed by atoms with Gasteiger partial charge in [0.25, 0.3) is 0 Å². The number of likely N-dealkylation sites (N-methyl/N-ethyl adjacent to an activating group) is 1. The first kappa shape index (κ1) is 21.6. The van der Waals surface area contributed by atoms with Crippen LogP contribution >= 0.6 is 0 Å². The highest BCUT2D eigenvalue weighted by molar-refractivity contribution is 7.90. The van der Waals surface area contributed by atoms with Crippen LogP contribution in [0.3, 0.4) is 0 Å². The summed E-state index contributed by atoms with van der Waals surface area (Å²) < 4.78 is 74.3. The Morgan fingerprint density at radius 3 is 2.46 bits per heavy atom. The van der Waals surface area contributed by atoms with Crippen LogP contribution in [-0.4, -0.2) is 91.3 Å². The van der Waals surface area contributed by atoms with Crippen LogP contribution in [0.5, 0.6) is 0 Å². The number of carbonyl (C=O) groups excluding carboxylic acids is 1. The Morgan fingerprint density at radius 1 is 1.36 bits per heavy atom. The van der Waals surface area contributed by atoms with Gasteiger partial charge in [0, 0.05) is 20.1 Å². The number of aliphatic hydroxyl groups excluding tert-OH is 1. The Balaban J connectivity index is 1.53. The topological polar surface area (TPSA) is 96.4 Å². The summed E-state index contributed by atoms with van der Waals surface area (Å²) in [5, 5.41) is 8.47. The lowest BCUT2D eigenvalue weighted by Gasteiger charge is -2.38. The van der Waals surface area contributed by atoms with E-state index >= 15 is 0 Å². The molecule has 3 rings (SSSR count). The maximum atomic E-state index is 12.6. The number of ether oxygens (including phenoxy) is 2. The Bertz CT molecular complexity index is 689. The van der Waals surface area contributed by atoms with Crippen molar-refractivity contribution in [3.8, 4) is 0 Å². The number of halogens is 3. The van der Waals surface area contributed by atoms with Crippen molar-refractivity contribution in [3.05, 3.63) is 0 Å². The molecule has 3 fully saturated rings. The van der Waals surface area contributed by atoms with Crippen LogP contribution in [0.1, 0.15) is 32.1 Å². The molecule has 0 aromatic carbocycles. The number of aliphatic hydroxyl groups is 1. The van der Waals surface area contributed by atoms with Gasteiger partial charge in [-0.15, -0.1) is 0 Å². The lowest BCUT2D eigenvalue weighted by Crippen LogP contribution is -2.49. The molecule has 1 aliphatic carbocycles. The molecule has 2 saturated heterocycles. The normalized spacial score (nSPS) is 26.6. The molecule has 1 saturated carbocycles. The Kier molecular flexibility index (Phi) is 5.87. The van der Waals surface area contributed by atoms with E-state index in [0.717, 1.165) is 4.90 Å². The van der Waals surface area contributed by atoms with Crippen LogP contribution < -0.4 is 0 Å². The molecule has 0 bridgehead atoms. The fourth-order valence-corrected chi connectivity index (χ4v) is 5.46. The average molecular weight is 430 g/mol. The predicted octanol–water partition coefficient (Wildman–Crippen LogP) is 1.09. The summed E-state index contributed by atoms with van der Waals surface area (Å²) in [5.74, 6) is 0.